The van der Waals surface area contributed by atoms with E-state index in [1.807, 2.05) is 19.1 Å². The van der Waals surface area contributed by atoms with Crippen LogP contribution >= 0.6 is 15.9 Å². The van der Waals surface area contributed by atoms with Crippen LogP contribution in [-0.4, -0.2) is 6.29 Å². The van der Waals surface area contributed by atoms with Gasteiger partial charge in [0.2, 0.25) is 0 Å². The standard InChI is InChI=1S/C14H10BrFO2/c1-9-4-12(2-3-14(9)15)18-13-6-10(8-17)5-11(16)7-13/h2-8H,1H3. The first kappa shape index (κ1) is 12.8. The first-order valence-corrected chi connectivity index (χ1v) is 6.07. The highest BCUT2D eigenvalue weighted by Crippen LogP contribution is 2.27. The summed E-state index contributed by atoms with van der Waals surface area (Å²) in [5, 5.41) is 0. The van der Waals surface area contributed by atoms with Crippen molar-refractivity contribution in [2.24, 2.45) is 0 Å². The van der Waals surface area contributed by atoms with Crippen LogP contribution < -0.4 is 4.74 Å². The number of hydrogen-bond donors (Lipinski definition) is 0. The maximum Gasteiger partial charge on any atom is 0.150 e. The first-order valence-electron chi connectivity index (χ1n) is 5.28. The summed E-state index contributed by atoms with van der Waals surface area (Å²) in [6.45, 7) is 1.93. The molecule has 2 aromatic rings. The molecule has 2 aromatic carbocycles. The van der Waals surface area contributed by atoms with Gasteiger partial charge in [-0.05, 0) is 42.8 Å². The van der Waals surface area contributed by atoms with E-state index in [1.54, 1.807) is 6.07 Å². The van der Waals surface area contributed by atoms with Crippen LogP contribution in [0.25, 0.3) is 0 Å². The number of aldehydes is 1. The Labute approximate surface area is 113 Å². The fourth-order valence-corrected chi connectivity index (χ4v) is 1.77. The van der Waals surface area contributed by atoms with Gasteiger partial charge in [0.1, 0.15) is 23.6 Å². The van der Waals surface area contributed by atoms with E-state index in [4.69, 9.17) is 4.74 Å². The van der Waals surface area contributed by atoms with E-state index in [2.05, 4.69) is 15.9 Å². The summed E-state index contributed by atoms with van der Waals surface area (Å²) in [5.74, 6) is 0.403. The second kappa shape index (κ2) is 5.31. The molecule has 0 bridgehead atoms. The number of hydrogen-bond acceptors (Lipinski definition) is 2. The number of ether oxygens (including phenoxy) is 1. The summed E-state index contributed by atoms with van der Waals surface area (Å²) < 4.78 is 19.7. The number of carbonyl (C=O) groups is 1. The highest BCUT2D eigenvalue weighted by molar-refractivity contribution is 9.10. The summed E-state index contributed by atoms with van der Waals surface area (Å²) in [4.78, 5) is 10.6. The van der Waals surface area contributed by atoms with E-state index in [0.29, 0.717) is 17.8 Å². The first-order chi connectivity index (χ1) is 8.58. The Morgan fingerprint density at radius 3 is 2.61 bits per heavy atom. The summed E-state index contributed by atoms with van der Waals surface area (Å²) in [5.41, 5.74) is 1.26. The van der Waals surface area contributed by atoms with Gasteiger partial charge in [-0.25, -0.2) is 4.39 Å². The van der Waals surface area contributed by atoms with Crippen molar-refractivity contribution in [2.75, 3.05) is 0 Å². The largest absolute Gasteiger partial charge is 0.457 e. The Morgan fingerprint density at radius 1 is 1.17 bits per heavy atom. The number of halogens is 2. The molecule has 18 heavy (non-hydrogen) atoms. The lowest BCUT2D eigenvalue weighted by Crippen LogP contribution is -1.89. The third kappa shape index (κ3) is 2.96. The van der Waals surface area contributed by atoms with Gasteiger partial charge in [-0.2, -0.15) is 0 Å². The Hall–Kier alpha value is -1.68. The second-order valence-corrected chi connectivity index (χ2v) is 4.71. The Kier molecular flexibility index (Phi) is 3.77. The third-order valence-electron chi connectivity index (χ3n) is 2.39. The molecule has 0 saturated carbocycles. The van der Waals surface area contributed by atoms with Crippen molar-refractivity contribution >= 4 is 22.2 Å². The average Bonchev–Trinajstić information content (AvgIpc) is 2.33. The van der Waals surface area contributed by atoms with Crippen LogP contribution in [0.15, 0.2) is 40.9 Å². The molecule has 2 nitrogen and oxygen atoms in total. The molecule has 4 heteroatoms. The molecule has 0 aliphatic carbocycles. The quantitative estimate of drug-likeness (QED) is 0.780. The molecular weight excluding hydrogens is 299 g/mol. The molecule has 0 amide bonds. The summed E-state index contributed by atoms with van der Waals surface area (Å²) in [6.07, 6.45) is 0.586. The predicted molar refractivity (Wildman–Crippen MR) is 70.7 cm³/mol. The van der Waals surface area contributed by atoms with Crippen LogP contribution in [0.4, 0.5) is 4.39 Å². The summed E-state index contributed by atoms with van der Waals surface area (Å²) in [6, 6.07) is 9.34. The van der Waals surface area contributed by atoms with Crippen LogP contribution in [0, 0.1) is 12.7 Å². The van der Waals surface area contributed by atoms with Crippen LogP contribution in [-0.2, 0) is 0 Å². The molecule has 2 rings (SSSR count). The van der Waals surface area contributed by atoms with Crippen molar-refractivity contribution in [1.82, 2.24) is 0 Å². The maximum absolute atomic E-state index is 13.2. The van der Waals surface area contributed by atoms with Crippen molar-refractivity contribution in [1.29, 1.82) is 0 Å². The van der Waals surface area contributed by atoms with Gasteiger partial charge >= 0.3 is 0 Å². The van der Waals surface area contributed by atoms with Crippen LogP contribution in [0.1, 0.15) is 15.9 Å². The Bertz CT molecular complexity index is 596. The highest BCUT2D eigenvalue weighted by atomic mass is 79.9. The molecular formula is C14H10BrFO2. The van der Waals surface area contributed by atoms with Gasteiger partial charge in [-0.3, -0.25) is 4.79 Å². The smallest absolute Gasteiger partial charge is 0.150 e. The van der Waals surface area contributed by atoms with Crippen molar-refractivity contribution < 1.29 is 13.9 Å². The fourth-order valence-electron chi connectivity index (χ4n) is 1.53. The Balaban J connectivity index is 2.30. The monoisotopic (exact) mass is 308 g/mol. The van der Waals surface area contributed by atoms with E-state index in [1.165, 1.54) is 12.1 Å². The third-order valence-corrected chi connectivity index (χ3v) is 3.28. The highest BCUT2D eigenvalue weighted by Gasteiger charge is 2.04. The van der Waals surface area contributed by atoms with Crippen LogP contribution in [0.2, 0.25) is 0 Å². The van der Waals surface area contributed by atoms with E-state index in [0.717, 1.165) is 16.1 Å². The van der Waals surface area contributed by atoms with Gasteiger partial charge in [-0.15, -0.1) is 0 Å². The van der Waals surface area contributed by atoms with Crippen LogP contribution in [0.5, 0.6) is 11.5 Å². The van der Waals surface area contributed by atoms with Crippen molar-refractivity contribution in [3.8, 4) is 11.5 Å². The van der Waals surface area contributed by atoms with Gasteiger partial charge < -0.3 is 4.74 Å². The molecule has 0 unspecified atom stereocenters. The summed E-state index contributed by atoms with van der Waals surface area (Å²) >= 11 is 3.39. The van der Waals surface area contributed by atoms with Crippen molar-refractivity contribution in [3.63, 3.8) is 0 Å². The predicted octanol–water partition coefficient (Wildman–Crippen LogP) is 4.50. The minimum Gasteiger partial charge on any atom is -0.457 e. The van der Waals surface area contributed by atoms with Gasteiger partial charge in [0.15, 0.2) is 0 Å². The molecule has 92 valence electrons. The molecule has 0 heterocycles. The SMILES string of the molecule is Cc1cc(Oc2cc(F)cc(C=O)c2)ccc1Br. The number of rotatable bonds is 3. The van der Waals surface area contributed by atoms with Gasteiger partial charge in [-0.1, -0.05) is 15.9 Å². The molecule has 0 fully saturated rings. The molecule has 0 N–H and O–H groups in total. The topological polar surface area (TPSA) is 26.3 Å². The molecule has 0 aliphatic rings. The number of carbonyl (C=O) groups excluding carboxylic acids is 1. The van der Waals surface area contributed by atoms with Crippen molar-refractivity contribution in [2.45, 2.75) is 6.92 Å². The second-order valence-electron chi connectivity index (χ2n) is 3.85. The normalized spacial score (nSPS) is 10.2. The molecule has 0 radical (unpaired) electrons. The molecule has 0 aliphatic heterocycles. The maximum atomic E-state index is 13.2. The van der Waals surface area contributed by atoms with Gasteiger partial charge in [0.05, 0.1) is 0 Å². The van der Waals surface area contributed by atoms with E-state index >= 15 is 0 Å². The Morgan fingerprint density at radius 2 is 1.94 bits per heavy atom. The lowest BCUT2D eigenvalue weighted by atomic mass is 10.2. The lowest BCUT2D eigenvalue weighted by Gasteiger charge is -2.08. The zero-order valence-corrected chi connectivity index (χ0v) is 11.2. The lowest BCUT2D eigenvalue weighted by molar-refractivity contribution is 0.112. The van der Waals surface area contributed by atoms with Crippen LogP contribution in [0.3, 0.4) is 0 Å². The minimum absolute atomic E-state index is 0.249. The molecule has 0 spiro atoms. The molecule has 0 saturated heterocycles. The van der Waals surface area contributed by atoms with Crippen molar-refractivity contribution in [3.05, 3.63) is 57.8 Å². The zero-order chi connectivity index (χ0) is 13.1. The van der Waals surface area contributed by atoms with E-state index in [-0.39, 0.29) is 5.56 Å². The van der Waals surface area contributed by atoms with E-state index in [9.17, 15) is 9.18 Å². The summed E-state index contributed by atoms with van der Waals surface area (Å²) in [7, 11) is 0. The number of benzene rings is 2. The average molecular weight is 309 g/mol. The zero-order valence-electron chi connectivity index (χ0n) is 9.61. The van der Waals surface area contributed by atoms with E-state index < -0.39 is 5.82 Å². The van der Waals surface area contributed by atoms with Gasteiger partial charge in [0, 0.05) is 16.1 Å². The fraction of sp³-hybridized carbons (Fsp3) is 0.0714. The number of aryl methyl sites for hydroxylation is 1. The van der Waals surface area contributed by atoms with Gasteiger partial charge in [0.25, 0.3) is 0 Å². The molecule has 0 atom stereocenters. The molecule has 0 aromatic heterocycles. The minimum atomic E-state index is -0.497.